The molecule has 0 bridgehead atoms. The van der Waals surface area contributed by atoms with Crippen LogP contribution in [0.3, 0.4) is 0 Å². The average Bonchev–Trinajstić information content (AvgIpc) is 3.24. The zero-order valence-electron chi connectivity index (χ0n) is 21.3. The first-order valence-corrected chi connectivity index (χ1v) is 12.1. The van der Waals surface area contributed by atoms with Gasteiger partial charge in [0, 0.05) is 30.0 Å². The Bertz CT molecular complexity index is 1130. The average molecular weight is 496 g/mol. The maximum Gasteiger partial charge on any atom is 0.333 e. The fourth-order valence-electron chi connectivity index (χ4n) is 5.07. The van der Waals surface area contributed by atoms with E-state index in [1.807, 2.05) is 30.0 Å². The number of ether oxygens (including phenoxy) is 5. The van der Waals surface area contributed by atoms with Crippen LogP contribution in [-0.2, 0) is 20.7 Å². The summed E-state index contributed by atoms with van der Waals surface area (Å²) in [4.78, 5) is 27.9. The van der Waals surface area contributed by atoms with Crippen LogP contribution in [0.15, 0.2) is 48.0 Å². The molecule has 1 atom stereocenters. The molecule has 0 saturated carbocycles. The number of methoxy groups -OCH3 is 3. The maximum atomic E-state index is 13.9. The normalized spacial score (nSPS) is 18.8. The van der Waals surface area contributed by atoms with E-state index in [0.717, 1.165) is 30.5 Å². The minimum Gasteiger partial charge on any atom is -0.493 e. The molecule has 0 aromatic heterocycles. The molecule has 1 aliphatic carbocycles. The van der Waals surface area contributed by atoms with Gasteiger partial charge in [0.15, 0.2) is 18.3 Å². The summed E-state index contributed by atoms with van der Waals surface area (Å²) in [5.74, 6) is 0.717. The summed E-state index contributed by atoms with van der Waals surface area (Å²) < 4.78 is 27.0. The molecule has 1 unspecified atom stereocenters. The Hall–Kier alpha value is -3.52. The third-order valence-electron chi connectivity index (χ3n) is 6.92. The number of esters is 1. The monoisotopic (exact) mass is 495 g/mol. The summed E-state index contributed by atoms with van der Waals surface area (Å²) in [5.41, 5.74) is 2.89. The van der Waals surface area contributed by atoms with Crippen molar-refractivity contribution in [1.82, 2.24) is 0 Å². The van der Waals surface area contributed by atoms with Crippen molar-refractivity contribution < 1.29 is 33.3 Å². The van der Waals surface area contributed by atoms with Crippen LogP contribution in [0.2, 0.25) is 0 Å². The van der Waals surface area contributed by atoms with E-state index in [1.54, 1.807) is 12.1 Å². The second-order valence-corrected chi connectivity index (χ2v) is 9.00. The van der Waals surface area contributed by atoms with Gasteiger partial charge >= 0.3 is 5.97 Å². The zero-order chi connectivity index (χ0) is 25.7. The molecule has 192 valence electrons. The number of allylic oxidation sites excluding steroid dienone is 1. The molecular weight excluding hydrogens is 462 g/mol. The number of benzene rings is 2. The summed E-state index contributed by atoms with van der Waals surface area (Å²) >= 11 is 0. The lowest BCUT2D eigenvalue weighted by atomic mass is 9.79. The highest BCUT2D eigenvalue weighted by molar-refractivity contribution is 6.07. The van der Waals surface area contributed by atoms with Crippen LogP contribution in [0.1, 0.15) is 42.1 Å². The molecule has 1 amide bonds. The predicted molar refractivity (Wildman–Crippen MR) is 135 cm³/mol. The summed E-state index contributed by atoms with van der Waals surface area (Å²) in [6.07, 6.45) is 5.09. The molecule has 0 radical (unpaired) electrons. The molecule has 1 spiro atoms. The van der Waals surface area contributed by atoms with Crippen molar-refractivity contribution in [2.45, 2.75) is 32.6 Å². The number of para-hydroxylation sites is 1. The first-order valence-electron chi connectivity index (χ1n) is 12.1. The number of hydrogen-bond acceptors (Lipinski definition) is 7. The van der Waals surface area contributed by atoms with Gasteiger partial charge in [-0.25, -0.2) is 4.79 Å². The number of fused-ring (bicyclic) bond motifs is 1. The Morgan fingerprint density at radius 1 is 1.03 bits per heavy atom. The van der Waals surface area contributed by atoms with Gasteiger partial charge in [0.1, 0.15) is 0 Å². The van der Waals surface area contributed by atoms with Gasteiger partial charge in [0.2, 0.25) is 5.75 Å². The molecule has 0 N–H and O–H groups in total. The van der Waals surface area contributed by atoms with Crippen molar-refractivity contribution in [3.05, 3.63) is 59.2 Å². The summed E-state index contributed by atoms with van der Waals surface area (Å²) in [7, 11) is 4.45. The third kappa shape index (κ3) is 5.04. The second kappa shape index (κ2) is 11.0. The molecule has 2 aliphatic rings. The van der Waals surface area contributed by atoms with E-state index in [4.69, 9.17) is 23.7 Å². The first kappa shape index (κ1) is 25.6. The third-order valence-corrected chi connectivity index (χ3v) is 6.92. The molecule has 2 aromatic carbocycles. The summed E-state index contributed by atoms with van der Waals surface area (Å²) in [6.45, 7) is 2.93. The lowest BCUT2D eigenvalue weighted by molar-refractivity contribution is -0.136. The van der Waals surface area contributed by atoms with E-state index in [-0.39, 0.29) is 24.1 Å². The number of rotatable bonds is 8. The van der Waals surface area contributed by atoms with Crippen molar-refractivity contribution in [2.24, 2.45) is 5.41 Å². The van der Waals surface area contributed by atoms with Crippen molar-refractivity contribution in [2.75, 3.05) is 46.2 Å². The quantitative estimate of drug-likeness (QED) is 0.302. The van der Waals surface area contributed by atoms with Crippen LogP contribution in [0.4, 0.5) is 5.69 Å². The molecule has 1 heterocycles. The van der Waals surface area contributed by atoms with Crippen LogP contribution in [0.5, 0.6) is 17.2 Å². The lowest BCUT2D eigenvalue weighted by Gasteiger charge is -2.26. The minimum absolute atomic E-state index is 0.0408. The maximum absolute atomic E-state index is 13.9. The van der Waals surface area contributed by atoms with Crippen molar-refractivity contribution >= 4 is 17.6 Å². The standard InChI is InChI=1S/C28H33NO7/c1-5-35-18-36-25-23(32-2)14-21(15-24(25)33-3)26(30)29-13-12-28(11-10-20(17-28)27(31)34-4)16-19-8-6-7-9-22(19)29/h6-9,14-15,17H,5,10-13,16,18H2,1-4H3. The largest absolute Gasteiger partial charge is 0.493 e. The Morgan fingerprint density at radius 3 is 2.42 bits per heavy atom. The Labute approximate surface area is 211 Å². The van der Waals surface area contributed by atoms with E-state index >= 15 is 0 Å². The van der Waals surface area contributed by atoms with E-state index in [9.17, 15) is 9.59 Å². The van der Waals surface area contributed by atoms with E-state index in [1.165, 1.54) is 21.3 Å². The van der Waals surface area contributed by atoms with Gasteiger partial charge in [0.05, 0.1) is 21.3 Å². The number of nitrogens with zero attached hydrogens (tertiary/aromatic N) is 1. The number of carbonyl (C=O) groups excluding carboxylic acids is 2. The number of amides is 1. The number of anilines is 1. The Morgan fingerprint density at radius 2 is 1.75 bits per heavy atom. The van der Waals surface area contributed by atoms with Gasteiger partial charge in [-0.3, -0.25) is 4.79 Å². The van der Waals surface area contributed by atoms with E-state index < -0.39 is 0 Å². The Kier molecular flexibility index (Phi) is 7.84. The smallest absolute Gasteiger partial charge is 0.333 e. The highest BCUT2D eigenvalue weighted by Crippen LogP contribution is 2.46. The molecule has 0 fully saturated rings. The number of hydrogen-bond donors (Lipinski definition) is 0. The van der Waals surface area contributed by atoms with Crippen LogP contribution >= 0.6 is 0 Å². The second-order valence-electron chi connectivity index (χ2n) is 9.00. The van der Waals surface area contributed by atoms with Crippen LogP contribution < -0.4 is 19.1 Å². The molecule has 1 aliphatic heterocycles. The summed E-state index contributed by atoms with van der Waals surface area (Å²) in [5, 5.41) is 0. The lowest BCUT2D eigenvalue weighted by Crippen LogP contribution is -2.33. The van der Waals surface area contributed by atoms with Crippen molar-refractivity contribution in [1.29, 1.82) is 0 Å². The van der Waals surface area contributed by atoms with E-state index in [0.29, 0.717) is 48.0 Å². The highest BCUT2D eigenvalue weighted by Gasteiger charge is 2.39. The highest BCUT2D eigenvalue weighted by atomic mass is 16.7. The minimum atomic E-state index is -0.275. The fourth-order valence-corrected chi connectivity index (χ4v) is 5.07. The topological polar surface area (TPSA) is 83.5 Å². The molecule has 36 heavy (non-hydrogen) atoms. The number of carbonyl (C=O) groups is 2. The van der Waals surface area contributed by atoms with Crippen LogP contribution in [-0.4, -0.2) is 53.2 Å². The zero-order valence-corrected chi connectivity index (χ0v) is 21.3. The van der Waals surface area contributed by atoms with Crippen LogP contribution in [0.25, 0.3) is 0 Å². The van der Waals surface area contributed by atoms with Crippen LogP contribution in [0, 0.1) is 5.41 Å². The van der Waals surface area contributed by atoms with Crippen molar-refractivity contribution in [3.63, 3.8) is 0 Å². The van der Waals surface area contributed by atoms with E-state index in [2.05, 4.69) is 12.1 Å². The van der Waals surface area contributed by atoms with Crippen molar-refractivity contribution in [3.8, 4) is 17.2 Å². The SMILES string of the molecule is CCOCOc1c(OC)cc(C(=O)N2CCC3(C=C(C(=O)OC)CC3)Cc3ccccc32)cc1OC. The molecule has 2 aromatic rings. The molecule has 0 saturated heterocycles. The van der Waals surface area contributed by atoms with Gasteiger partial charge in [-0.2, -0.15) is 0 Å². The van der Waals surface area contributed by atoms with Gasteiger partial charge in [-0.15, -0.1) is 0 Å². The van der Waals surface area contributed by atoms with Gasteiger partial charge in [-0.05, 0) is 61.8 Å². The molecule has 4 rings (SSSR count). The molecule has 8 heteroatoms. The van der Waals surface area contributed by atoms with Gasteiger partial charge < -0.3 is 28.6 Å². The predicted octanol–water partition coefficient (Wildman–Crippen LogP) is 4.55. The Balaban J connectivity index is 1.68. The molecular formula is C28H33NO7. The molecule has 8 nitrogen and oxygen atoms in total. The first-order chi connectivity index (χ1) is 17.4. The summed E-state index contributed by atoms with van der Waals surface area (Å²) in [6, 6.07) is 11.3. The van der Waals surface area contributed by atoms with Gasteiger partial charge in [0.25, 0.3) is 5.91 Å². The fraction of sp³-hybridized carbons (Fsp3) is 0.429. The van der Waals surface area contributed by atoms with Gasteiger partial charge in [-0.1, -0.05) is 24.3 Å².